The SMILES string of the molecule is O=C(Nc1cccc(F)c1F)C1CCN(S(=O)(=O)c2ccc(F)cc2)CC1. The Morgan fingerprint density at radius 2 is 1.63 bits per heavy atom. The number of nitrogens with zero attached hydrogens (tertiary/aromatic N) is 1. The highest BCUT2D eigenvalue weighted by Crippen LogP contribution is 2.26. The zero-order chi connectivity index (χ0) is 19.6. The number of rotatable bonds is 4. The van der Waals surface area contributed by atoms with E-state index in [4.69, 9.17) is 0 Å². The standard InChI is InChI=1S/C18H17F3N2O3S/c19-13-4-6-14(7-5-13)27(25,26)23-10-8-12(9-11-23)18(24)22-16-3-1-2-15(20)17(16)21/h1-7,12H,8-11H2,(H,22,24). The molecule has 1 heterocycles. The van der Waals surface area contributed by atoms with Gasteiger partial charge < -0.3 is 5.32 Å². The zero-order valence-corrected chi connectivity index (χ0v) is 15.0. The van der Waals surface area contributed by atoms with Crippen LogP contribution in [0.25, 0.3) is 0 Å². The average molecular weight is 398 g/mol. The molecule has 0 spiro atoms. The normalized spacial score (nSPS) is 16.3. The first-order valence-electron chi connectivity index (χ1n) is 8.29. The third-order valence-corrected chi connectivity index (χ3v) is 6.40. The van der Waals surface area contributed by atoms with E-state index in [1.54, 1.807) is 0 Å². The second-order valence-electron chi connectivity index (χ2n) is 6.22. The second-order valence-corrected chi connectivity index (χ2v) is 8.16. The fourth-order valence-corrected chi connectivity index (χ4v) is 4.42. The monoisotopic (exact) mass is 398 g/mol. The van der Waals surface area contributed by atoms with E-state index in [2.05, 4.69) is 5.32 Å². The van der Waals surface area contributed by atoms with Gasteiger partial charge in [-0.1, -0.05) is 6.07 Å². The minimum Gasteiger partial charge on any atom is -0.323 e. The molecule has 1 fully saturated rings. The van der Waals surface area contributed by atoms with Gasteiger partial charge in [0, 0.05) is 19.0 Å². The number of benzene rings is 2. The van der Waals surface area contributed by atoms with E-state index in [9.17, 15) is 26.4 Å². The maximum atomic E-state index is 13.7. The van der Waals surface area contributed by atoms with Crippen LogP contribution >= 0.6 is 0 Å². The Morgan fingerprint density at radius 1 is 1.00 bits per heavy atom. The van der Waals surface area contributed by atoms with Gasteiger partial charge in [0.15, 0.2) is 11.6 Å². The Morgan fingerprint density at radius 3 is 2.26 bits per heavy atom. The fourth-order valence-electron chi connectivity index (χ4n) is 2.95. The average Bonchev–Trinajstić information content (AvgIpc) is 2.66. The van der Waals surface area contributed by atoms with Crippen LogP contribution in [0.4, 0.5) is 18.9 Å². The van der Waals surface area contributed by atoms with Crippen LogP contribution in [0.2, 0.25) is 0 Å². The summed E-state index contributed by atoms with van der Waals surface area (Å²) in [6.07, 6.45) is 0.479. The number of hydrogen-bond donors (Lipinski definition) is 1. The molecule has 1 aliphatic rings. The topological polar surface area (TPSA) is 66.5 Å². The van der Waals surface area contributed by atoms with Crippen LogP contribution in [0, 0.1) is 23.4 Å². The van der Waals surface area contributed by atoms with Crippen LogP contribution in [-0.2, 0) is 14.8 Å². The Balaban J connectivity index is 1.63. The van der Waals surface area contributed by atoms with Gasteiger partial charge in [-0.25, -0.2) is 21.6 Å². The summed E-state index contributed by atoms with van der Waals surface area (Å²) in [6, 6.07) is 8.01. The maximum absolute atomic E-state index is 13.7. The third kappa shape index (κ3) is 4.14. The lowest BCUT2D eigenvalue weighted by atomic mass is 9.97. The number of anilines is 1. The summed E-state index contributed by atoms with van der Waals surface area (Å²) < 4.78 is 66.2. The van der Waals surface area contributed by atoms with Gasteiger partial charge in [-0.2, -0.15) is 4.31 Å². The Labute approximate surface area is 154 Å². The van der Waals surface area contributed by atoms with Crippen molar-refractivity contribution in [1.29, 1.82) is 0 Å². The molecule has 1 amide bonds. The quantitative estimate of drug-likeness (QED) is 0.861. The molecule has 9 heteroatoms. The molecule has 2 aromatic carbocycles. The fraction of sp³-hybridized carbons (Fsp3) is 0.278. The van der Waals surface area contributed by atoms with Gasteiger partial charge in [0.1, 0.15) is 5.82 Å². The highest BCUT2D eigenvalue weighted by atomic mass is 32.2. The molecule has 144 valence electrons. The van der Waals surface area contributed by atoms with E-state index in [-0.39, 0.29) is 36.5 Å². The molecule has 3 rings (SSSR count). The zero-order valence-electron chi connectivity index (χ0n) is 14.2. The van der Waals surface area contributed by atoms with Crippen LogP contribution in [0.5, 0.6) is 0 Å². The largest absolute Gasteiger partial charge is 0.323 e. The molecule has 1 N–H and O–H groups in total. The molecule has 0 radical (unpaired) electrons. The number of hydrogen-bond acceptors (Lipinski definition) is 3. The van der Waals surface area contributed by atoms with Gasteiger partial charge in [0.25, 0.3) is 0 Å². The molecule has 0 unspecified atom stereocenters. The van der Waals surface area contributed by atoms with E-state index in [1.165, 1.54) is 28.6 Å². The number of nitrogens with one attached hydrogen (secondary N) is 1. The van der Waals surface area contributed by atoms with E-state index >= 15 is 0 Å². The predicted molar refractivity (Wildman–Crippen MR) is 92.9 cm³/mol. The van der Waals surface area contributed by atoms with Crippen LogP contribution in [0.3, 0.4) is 0 Å². The molecule has 0 saturated carbocycles. The molecular formula is C18H17F3N2O3S. The molecule has 27 heavy (non-hydrogen) atoms. The van der Waals surface area contributed by atoms with Crippen molar-refractivity contribution in [3.8, 4) is 0 Å². The van der Waals surface area contributed by atoms with Gasteiger partial charge in [-0.15, -0.1) is 0 Å². The molecule has 5 nitrogen and oxygen atoms in total. The van der Waals surface area contributed by atoms with Crippen LogP contribution < -0.4 is 5.32 Å². The molecule has 2 aromatic rings. The highest BCUT2D eigenvalue weighted by Gasteiger charge is 2.32. The number of carbonyl (C=O) groups excluding carboxylic acids is 1. The van der Waals surface area contributed by atoms with Crippen molar-refractivity contribution >= 4 is 21.6 Å². The summed E-state index contributed by atoms with van der Waals surface area (Å²) in [5, 5.41) is 2.35. The molecule has 0 bridgehead atoms. The number of halogens is 3. The van der Waals surface area contributed by atoms with Gasteiger partial charge in [0.05, 0.1) is 10.6 Å². The summed E-state index contributed by atoms with van der Waals surface area (Å²) in [4.78, 5) is 12.3. The highest BCUT2D eigenvalue weighted by molar-refractivity contribution is 7.89. The van der Waals surface area contributed by atoms with Gasteiger partial charge in [-0.05, 0) is 49.2 Å². The van der Waals surface area contributed by atoms with E-state index in [0.717, 1.165) is 18.2 Å². The number of piperidine rings is 1. The third-order valence-electron chi connectivity index (χ3n) is 4.49. The summed E-state index contributed by atoms with van der Waals surface area (Å²) in [5.41, 5.74) is -0.249. The summed E-state index contributed by atoms with van der Waals surface area (Å²) in [5.74, 6) is -3.74. The summed E-state index contributed by atoms with van der Waals surface area (Å²) >= 11 is 0. The van der Waals surface area contributed by atoms with Crippen LogP contribution in [-0.4, -0.2) is 31.7 Å². The minimum atomic E-state index is -3.77. The molecule has 1 aliphatic heterocycles. The van der Waals surface area contributed by atoms with Crippen molar-refractivity contribution in [3.63, 3.8) is 0 Å². The Kier molecular flexibility index (Phi) is 5.52. The van der Waals surface area contributed by atoms with E-state index in [0.29, 0.717) is 0 Å². The van der Waals surface area contributed by atoms with Crippen molar-refractivity contribution in [1.82, 2.24) is 4.31 Å². The lowest BCUT2D eigenvalue weighted by molar-refractivity contribution is -0.120. The number of carbonyl (C=O) groups is 1. The van der Waals surface area contributed by atoms with Crippen molar-refractivity contribution in [2.45, 2.75) is 17.7 Å². The first kappa shape index (κ1) is 19.4. The molecule has 1 saturated heterocycles. The minimum absolute atomic E-state index is 0.0198. The predicted octanol–water partition coefficient (Wildman–Crippen LogP) is 3.14. The van der Waals surface area contributed by atoms with Gasteiger partial charge in [-0.3, -0.25) is 4.79 Å². The molecule has 0 aromatic heterocycles. The second kappa shape index (κ2) is 7.69. The smallest absolute Gasteiger partial charge is 0.243 e. The van der Waals surface area contributed by atoms with Crippen molar-refractivity contribution in [2.24, 2.45) is 5.92 Å². The number of sulfonamides is 1. The van der Waals surface area contributed by atoms with E-state index in [1.807, 2.05) is 0 Å². The molecule has 0 atom stereocenters. The maximum Gasteiger partial charge on any atom is 0.243 e. The lowest BCUT2D eigenvalue weighted by Gasteiger charge is -2.30. The first-order valence-corrected chi connectivity index (χ1v) is 9.73. The Bertz CT molecular complexity index is 941. The van der Waals surface area contributed by atoms with Gasteiger partial charge >= 0.3 is 0 Å². The summed E-state index contributed by atoms with van der Waals surface area (Å²) in [6.45, 7) is 0.201. The van der Waals surface area contributed by atoms with Crippen LogP contribution in [0.1, 0.15) is 12.8 Å². The van der Waals surface area contributed by atoms with Crippen LogP contribution in [0.15, 0.2) is 47.4 Å². The van der Waals surface area contributed by atoms with Crippen molar-refractivity contribution < 1.29 is 26.4 Å². The molecule has 0 aliphatic carbocycles. The van der Waals surface area contributed by atoms with Crippen molar-refractivity contribution in [3.05, 3.63) is 59.9 Å². The van der Waals surface area contributed by atoms with E-state index < -0.39 is 39.3 Å². The first-order chi connectivity index (χ1) is 12.8. The number of amides is 1. The molecular weight excluding hydrogens is 381 g/mol. The lowest BCUT2D eigenvalue weighted by Crippen LogP contribution is -2.41. The summed E-state index contributed by atoms with van der Waals surface area (Å²) in [7, 11) is -3.77. The van der Waals surface area contributed by atoms with Gasteiger partial charge in [0.2, 0.25) is 15.9 Å². The van der Waals surface area contributed by atoms with Crippen molar-refractivity contribution in [2.75, 3.05) is 18.4 Å². The Hall–Kier alpha value is -2.39.